The topological polar surface area (TPSA) is 32.3 Å². The minimum atomic E-state index is 0.534. The van der Waals surface area contributed by atoms with Gasteiger partial charge in [-0.15, -0.1) is 0 Å². The summed E-state index contributed by atoms with van der Waals surface area (Å²) >= 11 is 5.95. The van der Waals surface area contributed by atoms with E-state index in [2.05, 4.69) is 33.9 Å². The van der Waals surface area contributed by atoms with Gasteiger partial charge in [0.1, 0.15) is 11.0 Å². The molecule has 1 aromatic heterocycles. The number of likely N-dealkylation sites (tertiary alicyclic amines) is 1. The molecule has 2 heterocycles. The molecule has 0 aromatic carbocycles. The van der Waals surface area contributed by atoms with Crippen LogP contribution in [0.1, 0.15) is 17.9 Å². The predicted molar refractivity (Wildman–Crippen MR) is 73.7 cm³/mol. The van der Waals surface area contributed by atoms with Crippen LogP contribution in [-0.2, 0) is 6.54 Å². The predicted octanol–water partition coefficient (Wildman–Crippen LogP) is 1.82. The lowest BCUT2D eigenvalue weighted by atomic mass is 10.1. The van der Waals surface area contributed by atoms with Gasteiger partial charge in [0.15, 0.2) is 0 Å². The van der Waals surface area contributed by atoms with Crippen molar-refractivity contribution in [3.8, 4) is 0 Å². The maximum atomic E-state index is 5.95. The standard InChI is InChI=1S/C13H21ClN4/c1-10-6-12(14)16-13(15-10)9-18(3)8-11-4-5-17(2)7-11/h6,11H,4-5,7-9H2,1-3H3. The number of aromatic nitrogens is 2. The summed E-state index contributed by atoms with van der Waals surface area (Å²) in [6.07, 6.45) is 1.29. The second-order valence-corrected chi connectivity index (χ2v) is 5.75. The van der Waals surface area contributed by atoms with Gasteiger partial charge in [0, 0.05) is 18.8 Å². The molecule has 100 valence electrons. The molecule has 0 N–H and O–H groups in total. The van der Waals surface area contributed by atoms with Crippen molar-refractivity contribution >= 4 is 11.6 Å². The molecular weight excluding hydrogens is 248 g/mol. The van der Waals surface area contributed by atoms with E-state index in [-0.39, 0.29) is 0 Å². The van der Waals surface area contributed by atoms with Crippen LogP contribution >= 0.6 is 11.6 Å². The highest BCUT2D eigenvalue weighted by Crippen LogP contribution is 2.16. The maximum Gasteiger partial charge on any atom is 0.144 e. The Balaban J connectivity index is 1.88. The number of hydrogen-bond acceptors (Lipinski definition) is 4. The average Bonchev–Trinajstić information content (AvgIpc) is 2.61. The molecule has 1 unspecified atom stereocenters. The van der Waals surface area contributed by atoms with E-state index in [1.165, 1.54) is 19.5 Å². The quantitative estimate of drug-likeness (QED) is 0.780. The van der Waals surface area contributed by atoms with E-state index in [0.717, 1.165) is 30.5 Å². The first-order valence-electron chi connectivity index (χ1n) is 6.40. The van der Waals surface area contributed by atoms with Crippen molar-refractivity contribution in [2.45, 2.75) is 19.9 Å². The molecule has 0 aliphatic carbocycles. The smallest absolute Gasteiger partial charge is 0.144 e. The molecule has 0 spiro atoms. The summed E-state index contributed by atoms with van der Waals surface area (Å²) in [7, 11) is 4.31. The summed E-state index contributed by atoms with van der Waals surface area (Å²) in [6, 6.07) is 1.79. The lowest BCUT2D eigenvalue weighted by Gasteiger charge is -2.20. The molecule has 5 heteroatoms. The molecule has 2 rings (SSSR count). The van der Waals surface area contributed by atoms with Gasteiger partial charge in [0.05, 0.1) is 6.54 Å². The molecule has 1 fully saturated rings. The Hall–Kier alpha value is -0.710. The minimum Gasteiger partial charge on any atom is -0.306 e. The highest BCUT2D eigenvalue weighted by molar-refractivity contribution is 6.29. The summed E-state index contributed by atoms with van der Waals surface area (Å²) in [6.45, 7) is 6.22. The van der Waals surface area contributed by atoms with Gasteiger partial charge < -0.3 is 4.90 Å². The second-order valence-electron chi connectivity index (χ2n) is 5.36. The third-order valence-corrected chi connectivity index (χ3v) is 3.53. The van der Waals surface area contributed by atoms with Crippen molar-refractivity contribution in [1.29, 1.82) is 0 Å². The minimum absolute atomic E-state index is 0.534. The van der Waals surface area contributed by atoms with Gasteiger partial charge in [0.2, 0.25) is 0 Å². The molecule has 0 saturated carbocycles. The summed E-state index contributed by atoms with van der Waals surface area (Å²) < 4.78 is 0. The maximum absolute atomic E-state index is 5.95. The number of nitrogens with zero attached hydrogens (tertiary/aromatic N) is 4. The molecule has 18 heavy (non-hydrogen) atoms. The lowest BCUT2D eigenvalue weighted by Crippen LogP contribution is -2.27. The average molecular weight is 269 g/mol. The molecule has 4 nitrogen and oxygen atoms in total. The zero-order valence-electron chi connectivity index (χ0n) is 11.4. The van der Waals surface area contributed by atoms with Crippen LogP contribution in [0.2, 0.25) is 5.15 Å². The first-order chi connectivity index (χ1) is 8.52. The van der Waals surface area contributed by atoms with Crippen LogP contribution in [0.15, 0.2) is 6.07 Å². The SMILES string of the molecule is Cc1cc(Cl)nc(CN(C)CC2CCN(C)C2)n1. The van der Waals surface area contributed by atoms with Crippen LogP contribution in [0.25, 0.3) is 0 Å². The van der Waals surface area contributed by atoms with Crippen LogP contribution in [0.3, 0.4) is 0 Å². The summed E-state index contributed by atoms with van der Waals surface area (Å²) in [4.78, 5) is 13.4. The highest BCUT2D eigenvalue weighted by atomic mass is 35.5. The van der Waals surface area contributed by atoms with Crippen molar-refractivity contribution in [3.05, 3.63) is 22.7 Å². The fourth-order valence-corrected chi connectivity index (χ4v) is 2.84. The van der Waals surface area contributed by atoms with Crippen molar-refractivity contribution in [1.82, 2.24) is 19.8 Å². The van der Waals surface area contributed by atoms with E-state index >= 15 is 0 Å². The number of rotatable bonds is 4. The molecule has 0 amide bonds. The normalized spacial score (nSPS) is 20.8. The highest BCUT2D eigenvalue weighted by Gasteiger charge is 2.20. The van der Waals surface area contributed by atoms with Crippen LogP contribution in [0.5, 0.6) is 0 Å². The van der Waals surface area contributed by atoms with Crippen molar-refractivity contribution in [3.63, 3.8) is 0 Å². The van der Waals surface area contributed by atoms with E-state index in [9.17, 15) is 0 Å². The van der Waals surface area contributed by atoms with Crippen molar-refractivity contribution < 1.29 is 0 Å². The van der Waals surface area contributed by atoms with Crippen LogP contribution in [0.4, 0.5) is 0 Å². The van der Waals surface area contributed by atoms with Gasteiger partial charge in [-0.1, -0.05) is 11.6 Å². The Morgan fingerprint density at radius 2 is 2.28 bits per heavy atom. The first-order valence-corrected chi connectivity index (χ1v) is 6.78. The molecule has 0 radical (unpaired) electrons. The fourth-order valence-electron chi connectivity index (χ4n) is 2.58. The Kier molecular flexibility index (Phi) is 4.54. The van der Waals surface area contributed by atoms with E-state index in [4.69, 9.17) is 11.6 Å². The first kappa shape index (κ1) is 13.7. The number of hydrogen-bond donors (Lipinski definition) is 0. The second kappa shape index (κ2) is 5.95. The van der Waals surface area contributed by atoms with Gasteiger partial charge in [-0.3, -0.25) is 4.90 Å². The van der Waals surface area contributed by atoms with Crippen molar-refractivity contribution in [2.75, 3.05) is 33.7 Å². The Labute approximate surface area is 114 Å². The largest absolute Gasteiger partial charge is 0.306 e. The van der Waals surface area contributed by atoms with Gasteiger partial charge in [0.25, 0.3) is 0 Å². The van der Waals surface area contributed by atoms with Gasteiger partial charge in [-0.05, 0) is 46.0 Å². The third kappa shape index (κ3) is 3.90. The summed E-state index contributed by atoms with van der Waals surface area (Å²) in [5, 5.41) is 0.534. The fraction of sp³-hybridized carbons (Fsp3) is 0.692. The van der Waals surface area contributed by atoms with Gasteiger partial charge in [-0.2, -0.15) is 0 Å². The Bertz CT molecular complexity index is 390. The molecular formula is C13H21ClN4. The molecule has 1 aliphatic rings. The van der Waals surface area contributed by atoms with E-state index < -0.39 is 0 Å². The lowest BCUT2D eigenvalue weighted by molar-refractivity contribution is 0.262. The molecule has 1 aliphatic heterocycles. The molecule has 0 bridgehead atoms. The zero-order valence-corrected chi connectivity index (χ0v) is 12.1. The van der Waals surface area contributed by atoms with Gasteiger partial charge in [-0.25, -0.2) is 9.97 Å². The van der Waals surface area contributed by atoms with Crippen molar-refractivity contribution in [2.24, 2.45) is 5.92 Å². The van der Waals surface area contributed by atoms with Crippen LogP contribution in [0, 0.1) is 12.8 Å². The van der Waals surface area contributed by atoms with E-state index in [0.29, 0.717) is 5.15 Å². The third-order valence-electron chi connectivity index (χ3n) is 3.34. The molecule has 1 aromatic rings. The number of halogens is 1. The number of aryl methyl sites for hydroxylation is 1. The van der Waals surface area contributed by atoms with Crippen LogP contribution in [-0.4, -0.2) is 53.5 Å². The van der Waals surface area contributed by atoms with Crippen LogP contribution < -0.4 is 0 Å². The molecule has 1 atom stereocenters. The summed E-state index contributed by atoms with van der Waals surface area (Å²) in [5.74, 6) is 1.58. The Morgan fingerprint density at radius 3 is 2.89 bits per heavy atom. The Morgan fingerprint density at radius 1 is 1.50 bits per heavy atom. The zero-order chi connectivity index (χ0) is 13.1. The van der Waals surface area contributed by atoms with Gasteiger partial charge >= 0.3 is 0 Å². The van der Waals surface area contributed by atoms with E-state index in [1.54, 1.807) is 6.07 Å². The monoisotopic (exact) mass is 268 g/mol. The van der Waals surface area contributed by atoms with E-state index in [1.807, 2.05) is 6.92 Å². The molecule has 1 saturated heterocycles. The summed E-state index contributed by atoms with van der Waals surface area (Å²) in [5.41, 5.74) is 0.930.